The molecule has 0 amide bonds. The van der Waals surface area contributed by atoms with Crippen LogP contribution in [-0.4, -0.2) is 19.5 Å². The smallest absolute Gasteiger partial charge is 0.335 e. The number of rotatable bonds is 5. The third-order valence-corrected chi connectivity index (χ3v) is 5.35. The molecule has 26 heavy (non-hydrogen) atoms. The van der Waals surface area contributed by atoms with Crippen LogP contribution in [0.1, 0.15) is 10.4 Å². The molecule has 5 nitrogen and oxygen atoms in total. The van der Waals surface area contributed by atoms with E-state index in [0.717, 1.165) is 11.1 Å². The van der Waals surface area contributed by atoms with Gasteiger partial charge in [0.15, 0.2) is 0 Å². The van der Waals surface area contributed by atoms with Crippen LogP contribution in [0.2, 0.25) is 5.02 Å². The Hall–Kier alpha value is -2.83. The molecule has 2 N–H and O–H groups in total. The van der Waals surface area contributed by atoms with E-state index in [9.17, 15) is 13.2 Å². The normalized spacial score (nSPS) is 11.1. The van der Waals surface area contributed by atoms with E-state index in [4.69, 9.17) is 16.7 Å². The fourth-order valence-corrected chi connectivity index (χ4v) is 3.57. The summed E-state index contributed by atoms with van der Waals surface area (Å²) < 4.78 is 27.4. The van der Waals surface area contributed by atoms with Gasteiger partial charge in [0.2, 0.25) is 0 Å². The fourth-order valence-electron chi connectivity index (χ4n) is 2.40. The molecule has 0 saturated heterocycles. The average Bonchev–Trinajstić information content (AvgIpc) is 2.62. The number of carboxylic acid groups (broad SMARTS) is 1. The molecule has 3 rings (SSSR count). The van der Waals surface area contributed by atoms with E-state index in [1.165, 1.54) is 36.4 Å². The second-order valence-corrected chi connectivity index (χ2v) is 7.64. The highest BCUT2D eigenvalue weighted by atomic mass is 35.5. The van der Waals surface area contributed by atoms with E-state index >= 15 is 0 Å². The van der Waals surface area contributed by atoms with Gasteiger partial charge in [-0.3, -0.25) is 4.72 Å². The van der Waals surface area contributed by atoms with Crippen molar-refractivity contribution in [1.29, 1.82) is 0 Å². The SMILES string of the molecule is O=C(O)c1cccc(NS(=O)(=O)c2ccc(-c3ccc(Cl)cc3)cc2)c1. The highest BCUT2D eigenvalue weighted by molar-refractivity contribution is 7.92. The fraction of sp³-hybridized carbons (Fsp3) is 0. The van der Waals surface area contributed by atoms with Gasteiger partial charge in [0.05, 0.1) is 10.5 Å². The summed E-state index contributed by atoms with van der Waals surface area (Å²) in [5.41, 5.74) is 1.96. The molecule has 0 bridgehead atoms. The number of aromatic carboxylic acids is 1. The van der Waals surface area contributed by atoms with Crippen molar-refractivity contribution in [3.63, 3.8) is 0 Å². The molecule has 0 aromatic heterocycles. The Morgan fingerprint density at radius 1 is 0.885 bits per heavy atom. The maximum absolute atomic E-state index is 12.5. The molecular weight excluding hydrogens is 374 g/mol. The summed E-state index contributed by atoms with van der Waals surface area (Å²) in [5, 5.41) is 9.62. The zero-order chi connectivity index (χ0) is 18.7. The van der Waals surface area contributed by atoms with Crippen LogP contribution in [-0.2, 0) is 10.0 Å². The van der Waals surface area contributed by atoms with Crippen molar-refractivity contribution < 1.29 is 18.3 Å². The Kier molecular flexibility index (Phi) is 4.97. The molecule has 0 aliphatic carbocycles. The monoisotopic (exact) mass is 387 g/mol. The summed E-state index contributed by atoms with van der Waals surface area (Å²) >= 11 is 5.87. The van der Waals surface area contributed by atoms with Gasteiger partial charge < -0.3 is 5.11 Å². The summed E-state index contributed by atoms with van der Waals surface area (Å²) in [5.74, 6) is -1.13. The molecule has 3 aromatic rings. The van der Waals surface area contributed by atoms with Crippen LogP contribution < -0.4 is 4.72 Å². The lowest BCUT2D eigenvalue weighted by molar-refractivity contribution is 0.0697. The largest absolute Gasteiger partial charge is 0.478 e. The summed E-state index contributed by atoms with van der Waals surface area (Å²) in [6.45, 7) is 0. The first kappa shape index (κ1) is 18.0. The van der Waals surface area contributed by atoms with Gasteiger partial charge in [0, 0.05) is 10.7 Å². The molecule has 0 spiro atoms. The van der Waals surface area contributed by atoms with E-state index in [1.54, 1.807) is 24.3 Å². The molecule has 0 aliphatic rings. The number of nitrogens with one attached hydrogen (secondary N) is 1. The van der Waals surface area contributed by atoms with E-state index in [2.05, 4.69) is 4.72 Å². The van der Waals surface area contributed by atoms with Gasteiger partial charge in [-0.2, -0.15) is 0 Å². The second-order valence-electron chi connectivity index (χ2n) is 5.52. The topological polar surface area (TPSA) is 83.5 Å². The molecule has 0 atom stereocenters. The van der Waals surface area contributed by atoms with Gasteiger partial charge in [0.25, 0.3) is 10.0 Å². The van der Waals surface area contributed by atoms with Crippen molar-refractivity contribution in [1.82, 2.24) is 0 Å². The highest BCUT2D eigenvalue weighted by Crippen LogP contribution is 2.24. The quantitative estimate of drug-likeness (QED) is 0.674. The third-order valence-electron chi connectivity index (χ3n) is 3.70. The second kappa shape index (κ2) is 7.19. The maximum Gasteiger partial charge on any atom is 0.335 e. The van der Waals surface area contributed by atoms with Gasteiger partial charge in [-0.25, -0.2) is 13.2 Å². The Morgan fingerprint density at radius 3 is 2.04 bits per heavy atom. The lowest BCUT2D eigenvalue weighted by Gasteiger charge is -2.09. The van der Waals surface area contributed by atoms with Crippen molar-refractivity contribution in [3.8, 4) is 11.1 Å². The van der Waals surface area contributed by atoms with E-state index < -0.39 is 16.0 Å². The average molecular weight is 388 g/mol. The van der Waals surface area contributed by atoms with Crippen molar-refractivity contribution in [2.45, 2.75) is 4.90 Å². The molecule has 0 radical (unpaired) electrons. The highest BCUT2D eigenvalue weighted by Gasteiger charge is 2.15. The Morgan fingerprint density at radius 2 is 1.46 bits per heavy atom. The van der Waals surface area contributed by atoms with E-state index in [1.807, 2.05) is 12.1 Å². The van der Waals surface area contributed by atoms with Crippen LogP contribution in [0.15, 0.2) is 77.7 Å². The van der Waals surface area contributed by atoms with Gasteiger partial charge in [0.1, 0.15) is 0 Å². The Balaban J connectivity index is 1.84. The van der Waals surface area contributed by atoms with Crippen molar-refractivity contribution in [2.24, 2.45) is 0 Å². The predicted octanol–water partition coefficient (Wildman–Crippen LogP) is 4.51. The molecule has 0 fully saturated rings. The minimum atomic E-state index is -3.83. The Bertz CT molecular complexity index is 1050. The van der Waals surface area contributed by atoms with E-state index in [-0.39, 0.29) is 16.1 Å². The zero-order valence-corrected chi connectivity index (χ0v) is 15.0. The Labute approximate surface area is 155 Å². The lowest BCUT2D eigenvalue weighted by Crippen LogP contribution is -2.13. The van der Waals surface area contributed by atoms with Crippen LogP contribution in [0, 0.1) is 0 Å². The van der Waals surface area contributed by atoms with Crippen LogP contribution >= 0.6 is 11.6 Å². The van der Waals surface area contributed by atoms with E-state index in [0.29, 0.717) is 5.02 Å². The van der Waals surface area contributed by atoms with Crippen molar-refractivity contribution in [3.05, 3.63) is 83.4 Å². The number of carboxylic acids is 1. The summed E-state index contributed by atoms with van der Waals surface area (Å²) in [6, 6.07) is 19.2. The van der Waals surface area contributed by atoms with Gasteiger partial charge >= 0.3 is 5.97 Å². The van der Waals surface area contributed by atoms with Crippen LogP contribution in [0.5, 0.6) is 0 Å². The third kappa shape index (κ3) is 4.04. The maximum atomic E-state index is 12.5. The minimum absolute atomic E-state index is 0.00304. The molecule has 0 aliphatic heterocycles. The molecule has 0 unspecified atom stereocenters. The minimum Gasteiger partial charge on any atom is -0.478 e. The summed E-state index contributed by atoms with van der Waals surface area (Å²) in [6.07, 6.45) is 0. The van der Waals surface area contributed by atoms with Crippen LogP contribution in [0.25, 0.3) is 11.1 Å². The van der Waals surface area contributed by atoms with Crippen molar-refractivity contribution in [2.75, 3.05) is 4.72 Å². The molecule has 3 aromatic carbocycles. The summed E-state index contributed by atoms with van der Waals surface area (Å²) in [4.78, 5) is 11.1. The molecular formula is C19H14ClNO4S. The number of hydrogen-bond donors (Lipinski definition) is 2. The number of carbonyl (C=O) groups is 1. The van der Waals surface area contributed by atoms with Gasteiger partial charge in [-0.1, -0.05) is 41.9 Å². The molecule has 132 valence electrons. The first-order valence-corrected chi connectivity index (χ1v) is 9.43. The number of anilines is 1. The lowest BCUT2D eigenvalue weighted by atomic mass is 10.1. The summed E-state index contributed by atoms with van der Waals surface area (Å²) in [7, 11) is -3.83. The number of benzene rings is 3. The molecule has 7 heteroatoms. The number of sulfonamides is 1. The standard InChI is InChI=1S/C19H14ClNO4S/c20-16-8-4-13(5-9-16)14-6-10-18(11-7-14)26(24,25)21-17-3-1-2-15(12-17)19(22)23/h1-12,21H,(H,22,23). The first-order valence-electron chi connectivity index (χ1n) is 7.57. The van der Waals surface area contributed by atoms with Gasteiger partial charge in [-0.15, -0.1) is 0 Å². The molecule has 0 saturated carbocycles. The zero-order valence-electron chi connectivity index (χ0n) is 13.4. The van der Waals surface area contributed by atoms with Crippen LogP contribution in [0.3, 0.4) is 0 Å². The first-order chi connectivity index (χ1) is 12.3. The van der Waals surface area contributed by atoms with Crippen molar-refractivity contribution >= 4 is 33.3 Å². The number of halogens is 1. The predicted molar refractivity (Wildman–Crippen MR) is 101 cm³/mol. The van der Waals surface area contributed by atoms with Gasteiger partial charge in [-0.05, 0) is 53.6 Å². The van der Waals surface area contributed by atoms with Crippen LogP contribution in [0.4, 0.5) is 5.69 Å². The molecule has 0 heterocycles. The number of hydrogen-bond acceptors (Lipinski definition) is 3.